The molecule has 3 aromatic rings. The van der Waals surface area contributed by atoms with E-state index in [4.69, 9.17) is 14.2 Å². The van der Waals surface area contributed by atoms with Gasteiger partial charge >= 0.3 is 0 Å². The number of anilines is 1. The fourth-order valence-electron chi connectivity index (χ4n) is 4.01. The largest absolute Gasteiger partial charge is 0.508 e. The Balaban J connectivity index is 1.95. The van der Waals surface area contributed by atoms with Crippen LogP contribution in [0.25, 0.3) is 5.76 Å². The number of carbonyl (C=O) groups excluding carboxylic acids is 2. The molecule has 0 aliphatic carbocycles. The van der Waals surface area contributed by atoms with Gasteiger partial charge in [0.05, 0.1) is 32.9 Å². The van der Waals surface area contributed by atoms with Crippen molar-refractivity contribution >= 4 is 23.1 Å². The summed E-state index contributed by atoms with van der Waals surface area (Å²) in [5.74, 6) is -0.804. The summed E-state index contributed by atoms with van der Waals surface area (Å²) in [6.07, 6.45) is 0. The second kappa shape index (κ2) is 9.19. The second-order valence-electron chi connectivity index (χ2n) is 7.54. The zero-order valence-electron chi connectivity index (χ0n) is 18.8. The number of ketones is 1. The van der Waals surface area contributed by atoms with Crippen LogP contribution >= 0.6 is 0 Å². The van der Waals surface area contributed by atoms with E-state index >= 15 is 0 Å². The quantitative estimate of drug-likeness (QED) is 0.324. The number of benzene rings is 3. The highest BCUT2D eigenvalue weighted by molar-refractivity contribution is 6.51. The van der Waals surface area contributed by atoms with Gasteiger partial charge in [0.25, 0.3) is 11.7 Å². The summed E-state index contributed by atoms with van der Waals surface area (Å²) in [7, 11) is 4.44. The summed E-state index contributed by atoms with van der Waals surface area (Å²) in [6, 6.07) is 16.6. The molecule has 1 heterocycles. The molecule has 4 rings (SSSR count). The van der Waals surface area contributed by atoms with Gasteiger partial charge in [0.2, 0.25) is 0 Å². The molecule has 1 aliphatic rings. The van der Waals surface area contributed by atoms with Gasteiger partial charge in [0.15, 0.2) is 11.5 Å². The van der Waals surface area contributed by atoms with E-state index in [0.717, 1.165) is 0 Å². The van der Waals surface area contributed by atoms with Gasteiger partial charge in [0.1, 0.15) is 17.3 Å². The van der Waals surface area contributed by atoms with Gasteiger partial charge in [-0.05, 0) is 48.0 Å². The molecule has 1 atom stereocenters. The number of ether oxygens (including phenoxy) is 3. The van der Waals surface area contributed by atoms with E-state index in [1.807, 2.05) is 0 Å². The van der Waals surface area contributed by atoms with Crippen LogP contribution in [0.1, 0.15) is 17.2 Å². The molecule has 1 aliphatic heterocycles. The molecule has 8 nitrogen and oxygen atoms in total. The second-order valence-corrected chi connectivity index (χ2v) is 7.54. The average Bonchev–Trinajstić information content (AvgIpc) is 3.13. The summed E-state index contributed by atoms with van der Waals surface area (Å²) < 4.78 is 15.8. The van der Waals surface area contributed by atoms with Crippen molar-refractivity contribution in [3.63, 3.8) is 0 Å². The van der Waals surface area contributed by atoms with E-state index in [1.165, 1.54) is 44.4 Å². The third kappa shape index (κ3) is 3.90. The van der Waals surface area contributed by atoms with Crippen molar-refractivity contribution in [3.8, 4) is 23.0 Å². The van der Waals surface area contributed by atoms with Crippen molar-refractivity contribution in [1.82, 2.24) is 0 Å². The van der Waals surface area contributed by atoms with Crippen LogP contribution in [-0.4, -0.2) is 43.2 Å². The summed E-state index contributed by atoms with van der Waals surface area (Å²) in [5.41, 5.74) is 1.00. The maximum Gasteiger partial charge on any atom is 0.300 e. The zero-order valence-corrected chi connectivity index (χ0v) is 18.8. The number of hydrogen-bond acceptors (Lipinski definition) is 7. The standard InChI is InChI=1S/C26H23NO7/c1-32-19-9-5-7-17(14-19)27-23(15-6-4-8-18(28)12-15)22(25(30)26(27)31)24(29)16-10-11-20(33-2)21(13-16)34-3/h4-14,23,28-29H,1-3H3/b24-22+. The van der Waals surface area contributed by atoms with E-state index in [-0.39, 0.29) is 22.6 Å². The van der Waals surface area contributed by atoms with Crippen LogP contribution in [0.4, 0.5) is 5.69 Å². The molecule has 8 heteroatoms. The number of hydrogen-bond donors (Lipinski definition) is 2. The zero-order chi connectivity index (χ0) is 24.4. The molecule has 0 aromatic heterocycles. The SMILES string of the molecule is COc1cccc(N2C(=O)C(=O)/C(=C(/O)c3ccc(OC)c(OC)c3)C2c2cccc(O)c2)c1. The van der Waals surface area contributed by atoms with Crippen molar-refractivity contribution < 1.29 is 34.0 Å². The minimum Gasteiger partial charge on any atom is -0.508 e. The molecule has 0 spiro atoms. The smallest absolute Gasteiger partial charge is 0.300 e. The van der Waals surface area contributed by atoms with Crippen LogP contribution in [0.2, 0.25) is 0 Å². The molecule has 0 radical (unpaired) electrons. The summed E-state index contributed by atoms with van der Waals surface area (Å²) >= 11 is 0. The van der Waals surface area contributed by atoms with E-state index < -0.39 is 17.7 Å². The van der Waals surface area contributed by atoms with E-state index in [9.17, 15) is 19.8 Å². The molecule has 3 aromatic carbocycles. The third-order valence-corrected chi connectivity index (χ3v) is 5.62. The first-order valence-corrected chi connectivity index (χ1v) is 10.4. The normalized spacial score (nSPS) is 17.0. The van der Waals surface area contributed by atoms with Crippen molar-refractivity contribution in [1.29, 1.82) is 0 Å². The van der Waals surface area contributed by atoms with Gasteiger partial charge < -0.3 is 24.4 Å². The highest BCUT2D eigenvalue weighted by atomic mass is 16.5. The fourth-order valence-corrected chi connectivity index (χ4v) is 4.01. The maximum absolute atomic E-state index is 13.2. The number of methoxy groups -OCH3 is 3. The van der Waals surface area contributed by atoms with Gasteiger partial charge in [0, 0.05) is 17.3 Å². The third-order valence-electron chi connectivity index (χ3n) is 5.62. The van der Waals surface area contributed by atoms with Crippen molar-refractivity contribution in [2.45, 2.75) is 6.04 Å². The first-order chi connectivity index (χ1) is 16.4. The number of amides is 1. The Labute approximate surface area is 196 Å². The van der Waals surface area contributed by atoms with E-state index in [1.54, 1.807) is 48.5 Å². The van der Waals surface area contributed by atoms with Crippen LogP contribution in [0.15, 0.2) is 72.3 Å². The minimum atomic E-state index is -0.993. The molecule has 174 valence electrons. The number of carbonyl (C=O) groups is 2. The van der Waals surface area contributed by atoms with Crippen LogP contribution < -0.4 is 19.1 Å². The number of nitrogens with zero attached hydrogens (tertiary/aromatic N) is 1. The molecular formula is C26H23NO7. The Hall–Kier alpha value is -4.46. The fraction of sp³-hybridized carbons (Fsp3) is 0.154. The first-order valence-electron chi connectivity index (χ1n) is 10.4. The number of aromatic hydroxyl groups is 1. The van der Waals surface area contributed by atoms with Gasteiger partial charge in [-0.2, -0.15) is 0 Å². The monoisotopic (exact) mass is 461 g/mol. The Bertz CT molecular complexity index is 1300. The number of aliphatic hydroxyl groups excluding tert-OH is 1. The molecule has 1 amide bonds. The predicted molar refractivity (Wildman–Crippen MR) is 125 cm³/mol. The summed E-state index contributed by atoms with van der Waals surface area (Å²) in [5, 5.41) is 21.3. The number of phenolic OH excluding ortho intramolecular Hbond substituents is 1. The maximum atomic E-state index is 13.2. The summed E-state index contributed by atoms with van der Waals surface area (Å²) in [6.45, 7) is 0. The molecule has 0 saturated carbocycles. The van der Waals surface area contributed by atoms with Gasteiger partial charge in [-0.1, -0.05) is 18.2 Å². The molecule has 1 unspecified atom stereocenters. The Kier molecular flexibility index (Phi) is 6.14. The topological polar surface area (TPSA) is 106 Å². The molecule has 1 saturated heterocycles. The number of rotatable bonds is 6. The Morgan fingerprint density at radius 3 is 2.26 bits per heavy atom. The lowest BCUT2D eigenvalue weighted by molar-refractivity contribution is -0.132. The number of Topliss-reactive ketones (excluding diaryl/α,β-unsaturated/α-hetero) is 1. The highest BCUT2D eigenvalue weighted by Crippen LogP contribution is 2.44. The lowest BCUT2D eigenvalue weighted by atomic mass is 9.95. The average molecular weight is 461 g/mol. The van der Waals surface area contributed by atoms with Crippen LogP contribution in [0.3, 0.4) is 0 Å². The van der Waals surface area contributed by atoms with Crippen molar-refractivity contribution in [2.24, 2.45) is 0 Å². The Morgan fingerprint density at radius 2 is 1.59 bits per heavy atom. The van der Waals surface area contributed by atoms with Crippen LogP contribution in [0.5, 0.6) is 23.0 Å². The number of phenols is 1. The predicted octanol–water partition coefficient (Wildman–Crippen LogP) is 4.04. The van der Waals surface area contributed by atoms with Gasteiger partial charge in [-0.3, -0.25) is 14.5 Å². The Morgan fingerprint density at radius 1 is 0.853 bits per heavy atom. The highest BCUT2D eigenvalue weighted by Gasteiger charge is 2.47. The molecule has 34 heavy (non-hydrogen) atoms. The minimum absolute atomic E-state index is 0.0418. The molecule has 2 N–H and O–H groups in total. The summed E-state index contributed by atoms with van der Waals surface area (Å²) in [4.78, 5) is 27.8. The first kappa shape index (κ1) is 22.7. The number of aliphatic hydroxyl groups is 1. The molecule has 0 bridgehead atoms. The van der Waals surface area contributed by atoms with Crippen molar-refractivity contribution in [3.05, 3.63) is 83.4 Å². The lowest BCUT2D eigenvalue weighted by Gasteiger charge is -2.26. The van der Waals surface area contributed by atoms with Gasteiger partial charge in [-0.15, -0.1) is 0 Å². The van der Waals surface area contributed by atoms with Crippen LogP contribution in [0, 0.1) is 0 Å². The molecular weight excluding hydrogens is 438 g/mol. The van der Waals surface area contributed by atoms with E-state index in [0.29, 0.717) is 28.5 Å². The van der Waals surface area contributed by atoms with Crippen LogP contribution in [-0.2, 0) is 9.59 Å². The van der Waals surface area contributed by atoms with Gasteiger partial charge in [-0.25, -0.2) is 0 Å². The van der Waals surface area contributed by atoms with Crippen molar-refractivity contribution in [2.75, 3.05) is 26.2 Å². The lowest BCUT2D eigenvalue weighted by Crippen LogP contribution is -2.29. The van der Waals surface area contributed by atoms with E-state index in [2.05, 4.69) is 0 Å². The molecule has 1 fully saturated rings.